The number of hydrogen-bond acceptors (Lipinski definition) is 3. The molecule has 20 heavy (non-hydrogen) atoms. The van der Waals surface area contributed by atoms with Crippen LogP contribution in [0.5, 0.6) is 11.5 Å². The maximum absolute atomic E-state index is 13.0. The Labute approximate surface area is 119 Å². The molecular formula is C13H12ClF2NO3. The van der Waals surface area contributed by atoms with Crippen molar-refractivity contribution in [1.29, 1.82) is 0 Å². The molecule has 0 radical (unpaired) electrons. The van der Waals surface area contributed by atoms with Crippen molar-refractivity contribution in [3.8, 4) is 11.5 Å². The molecule has 0 saturated heterocycles. The molecule has 1 aromatic carbocycles. The highest BCUT2D eigenvalue weighted by molar-refractivity contribution is 6.29. The van der Waals surface area contributed by atoms with E-state index in [2.05, 4.69) is 9.47 Å². The van der Waals surface area contributed by atoms with Gasteiger partial charge in [0.05, 0.1) is 0 Å². The van der Waals surface area contributed by atoms with Crippen LogP contribution in [0.15, 0.2) is 18.2 Å². The molecule has 0 N–H and O–H groups in total. The van der Waals surface area contributed by atoms with E-state index in [4.69, 9.17) is 11.6 Å². The number of halogens is 3. The predicted octanol–water partition coefficient (Wildman–Crippen LogP) is 3.13. The number of anilines is 1. The number of ether oxygens (including phenoxy) is 2. The average molecular weight is 304 g/mol. The van der Waals surface area contributed by atoms with Crippen LogP contribution in [0, 0.1) is 0 Å². The third-order valence-electron chi connectivity index (χ3n) is 3.49. The van der Waals surface area contributed by atoms with Gasteiger partial charge < -0.3 is 14.4 Å². The molecule has 1 aliphatic carbocycles. The molecule has 2 aliphatic rings. The first-order chi connectivity index (χ1) is 9.50. The van der Waals surface area contributed by atoms with E-state index < -0.39 is 6.29 Å². The van der Waals surface area contributed by atoms with E-state index in [-0.39, 0.29) is 29.3 Å². The number of carbonyl (C=O) groups excluding carboxylic acids is 1. The number of alkyl halides is 3. The van der Waals surface area contributed by atoms with E-state index in [1.54, 1.807) is 11.0 Å². The molecule has 1 aliphatic heterocycles. The predicted molar refractivity (Wildman–Crippen MR) is 68.5 cm³/mol. The lowest BCUT2D eigenvalue weighted by Gasteiger charge is -2.37. The van der Waals surface area contributed by atoms with Crippen molar-refractivity contribution in [1.82, 2.24) is 0 Å². The largest absolute Gasteiger partial charge is 0.586 e. The number of fused-ring (bicyclic) bond motifs is 1. The standard InChI is InChI=1S/C13H12ClF2NO3/c14-7-12(18)17(8-2-1-3-8)9-4-5-10-11(6-9)20-13(15,16)19-10/h4-6,8H,1-3,7H2. The van der Waals surface area contributed by atoms with E-state index in [1.165, 1.54) is 12.1 Å². The van der Waals surface area contributed by atoms with Crippen molar-refractivity contribution in [3.63, 3.8) is 0 Å². The molecule has 0 aromatic heterocycles. The maximum atomic E-state index is 13.0. The fourth-order valence-electron chi connectivity index (χ4n) is 2.36. The van der Waals surface area contributed by atoms with Gasteiger partial charge in [-0.2, -0.15) is 0 Å². The number of carbonyl (C=O) groups is 1. The summed E-state index contributed by atoms with van der Waals surface area (Å²) in [5.41, 5.74) is 0.500. The summed E-state index contributed by atoms with van der Waals surface area (Å²) in [7, 11) is 0. The Morgan fingerprint density at radius 1 is 1.35 bits per heavy atom. The molecule has 1 heterocycles. The van der Waals surface area contributed by atoms with Crippen molar-refractivity contribution in [2.24, 2.45) is 0 Å². The van der Waals surface area contributed by atoms with Gasteiger partial charge in [0, 0.05) is 17.8 Å². The van der Waals surface area contributed by atoms with E-state index in [0.717, 1.165) is 19.3 Å². The highest BCUT2D eigenvalue weighted by Crippen LogP contribution is 2.43. The summed E-state index contributed by atoms with van der Waals surface area (Å²) < 4.78 is 34.7. The van der Waals surface area contributed by atoms with E-state index in [9.17, 15) is 13.6 Å². The van der Waals surface area contributed by atoms with Gasteiger partial charge in [0.1, 0.15) is 5.88 Å². The topological polar surface area (TPSA) is 38.8 Å². The van der Waals surface area contributed by atoms with E-state index in [1.807, 2.05) is 0 Å². The smallest absolute Gasteiger partial charge is 0.395 e. The minimum Gasteiger partial charge on any atom is -0.395 e. The van der Waals surface area contributed by atoms with Gasteiger partial charge in [-0.25, -0.2) is 0 Å². The molecule has 0 spiro atoms. The Morgan fingerprint density at radius 3 is 2.65 bits per heavy atom. The quantitative estimate of drug-likeness (QED) is 0.805. The molecule has 0 bridgehead atoms. The van der Waals surface area contributed by atoms with Gasteiger partial charge in [-0.05, 0) is 31.4 Å². The highest BCUT2D eigenvalue weighted by Gasteiger charge is 2.44. The van der Waals surface area contributed by atoms with Crippen molar-refractivity contribution in [2.45, 2.75) is 31.6 Å². The number of hydrogen-bond donors (Lipinski definition) is 0. The summed E-state index contributed by atoms with van der Waals surface area (Å²) in [6.07, 6.45) is -0.849. The van der Waals surface area contributed by atoms with Crippen LogP contribution in [0.2, 0.25) is 0 Å². The Bertz CT molecular complexity index is 548. The normalized spacial score (nSPS) is 19.6. The number of nitrogens with zero attached hydrogens (tertiary/aromatic N) is 1. The average Bonchev–Trinajstić information content (AvgIpc) is 2.65. The minimum atomic E-state index is -3.65. The zero-order valence-corrected chi connectivity index (χ0v) is 11.2. The molecule has 3 rings (SSSR count). The van der Waals surface area contributed by atoms with Crippen LogP contribution in [0.1, 0.15) is 19.3 Å². The minimum absolute atomic E-state index is 0.0365. The van der Waals surface area contributed by atoms with Crippen molar-refractivity contribution < 1.29 is 23.0 Å². The SMILES string of the molecule is O=C(CCl)N(c1ccc2c(c1)OC(F)(F)O2)C1CCC1. The molecule has 0 atom stereocenters. The van der Waals surface area contributed by atoms with Gasteiger partial charge in [-0.3, -0.25) is 4.79 Å². The number of rotatable bonds is 3. The summed E-state index contributed by atoms with van der Waals surface area (Å²) in [5.74, 6) is -0.506. The van der Waals surface area contributed by atoms with Gasteiger partial charge in [-0.15, -0.1) is 20.4 Å². The van der Waals surface area contributed by atoms with Crippen LogP contribution >= 0.6 is 11.6 Å². The molecule has 7 heteroatoms. The maximum Gasteiger partial charge on any atom is 0.586 e. The van der Waals surface area contributed by atoms with Crippen molar-refractivity contribution >= 4 is 23.2 Å². The van der Waals surface area contributed by atoms with Gasteiger partial charge in [0.15, 0.2) is 11.5 Å². The van der Waals surface area contributed by atoms with Crippen molar-refractivity contribution in [3.05, 3.63) is 18.2 Å². The first-order valence-corrected chi connectivity index (χ1v) is 6.81. The summed E-state index contributed by atoms with van der Waals surface area (Å²) in [5, 5.41) is 0. The molecule has 1 saturated carbocycles. The summed E-state index contributed by atoms with van der Waals surface area (Å²) in [6, 6.07) is 4.39. The zero-order chi connectivity index (χ0) is 14.3. The fraction of sp³-hybridized carbons (Fsp3) is 0.462. The summed E-state index contributed by atoms with van der Waals surface area (Å²) in [4.78, 5) is 13.5. The fourth-order valence-corrected chi connectivity index (χ4v) is 2.48. The first-order valence-electron chi connectivity index (χ1n) is 6.28. The third-order valence-corrected chi connectivity index (χ3v) is 3.71. The second kappa shape index (κ2) is 4.77. The molecule has 108 valence electrons. The molecule has 4 nitrogen and oxygen atoms in total. The molecular weight excluding hydrogens is 292 g/mol. The lowest BCUT2D eigenvalue weighted by molar-refractivity contribution is -0.286. The molecule has 1 fully saturated rings. The first kappa shape index (κ1) is 13.4. The lowest BCUT2D eigenvalue weighted by atomic mass is 9.91. The zero-order valence-electron chi connectivity index (χ0n) is 10.4. The van der Waals surface area contributed by atoms with Crippen LogP contribution in [0.3, 0.4) is 0 Å². The van der Waals surface area contributed by atoms with Crippen molar-refractivity contribution in [2.75, 3.05) is 10.8 Å². The Balaban J connectivity index is 1.91. The molecule has 1 aromatic rings. The Kier molecular flexibility index (Phi) is 3.20. The van der Waals surface area contributed by atoms with Crippen LogP contribution in [-0.2, 0) is 4.79 Å². The second-order valence-corrected chi connectivity index (χ2v) is 5.05. The monoisotopic (exact) mass is 303 g/mol. The number of benzene rings is 1. The van der Waals surface area contributed by atoms with Gasteiger partial charge in [0.2, 0.25) is 5.91 Å². The van der Waals surface area contributed by atoms with Gasteiger partial charge in [0.25, 0.3) is 0 Å². The summed E-state index contributed by atoms with van der Waals surface area (Å²) in [6.45, 7) is 0. The summed E-state index contributed by atoms with van der Waals surface area (Å²) >= 11 is 5.62. The molecule has 0 unspecified atom stereocenters. The van der Waals surface area contributed by atoms with Crippen LogP contribution in [0.4, 0.5) is 14.5 Å². The highest BCUT2D eigenvalue weighted by atomic mass is 35.5. The van der Waals surface area contributed by atoms with Gasteiger partial charge in [-0.1, -0.05) is 0 Å². The van der Waals surface area contributed by atoms with Crippen LogP contribution in [0.25, 0.3) is 0 Å². The third kappa shape index (κ3) is 2.28. The van der Waals surface area contributed by atoms with Gasteiger partial charge >= 0.3 is 6.29 Å². The van der Waals surface area contributed by atoms with E-state index in [0.29, 0.717) is 5.69 Å². The van der Waals surface area contributed by atoms with E-state index >= 15 is 0 Å². The Hall–Kier alpha value is -1.56. The molecule has 1 amide bonds. The van der Waals surface area contributed by atoms with Crippen LogP contribution in [-0.4, -0.2) is 24.1 Å². The second-order valence-electron chi connectivity index (χ2n) is 4.78. The number of amides is 1. The Morgan fingerprint density at radius 2 is 2.05 bits per heavy atom. The van der Waals surface area contributed by atoms with Crippen LogP contribution < -0.4 is 14.4 Å². The lowest BCUT2D eigenvalue weighted by Crippen LogP contribution is -2.45.